The van der Waals surface area contributed by atoms with Gasteiger partial charge in [-0.1, -0.05) is 24.3 Å². The lowest BCUT2D eigenvalue weighted by molar-refractivity contribution is -0.0195. The SMILES string of the molecule is N[C@H]1COCC(N2c3ccccc3Oc3ccccc32)[C@@H]1O. The standard InChI is InChI=1S/C17H18N2O3/c18-11-9-21-10-14(17(11)20)19-12-5-1-3-7-15(12)22-16-8-4-2-6-13(16)19/h1-8,11,14,17,20H,9-10,18H2/t11-,14?,17+/m0/s1. The molecule has 0 saturated carbocycles. The second-order valence-corrected chi connectivity index (χ2v) is 5.67. The smallest absolute Gasteiger partial charge is 0.151 e. The van der Waals surface area contributed by atoms with Gasteiger partial charge in [0.05, 0.1) is 42.8 Å². The third kappa shape index (κ3) is 2.06. The summed E-state index contributed by atoms with van der Waals surface area (Å²) in [6, 6.07) is 15.0. The van der Waals surface area contributed by atoms with Crippen molar-refractivity contribution in [3.05, 3.63) is 48.5 Å². The van der Waals surface area contributed by atoms with Crippen molar-refractivity contribution >= 4 is 11.4 Å². The molecule has 4 rings (SSSR count). The molecule has 0 aliphatic carbocycles. The number of benzene rings is 2. The van der Waals surface area contributed by atoms with Gasteiger partial charge in [-0.05, 0) is 24.3 Å². The van der Waals surface area contributed by atoms with Gasteiger partial charge in [0.1, 0.15) is 0 Å². The highest BCUT2D eigenvalue weighted by atomic mass is 16.5. The molecule has 1 fully saturated rings. The molecule has 2 heterocycles. The number of ether oxygens (including phenoxy) is 2. The van der Waals surface area contributed by atoms with Crippen molar-refractivity contribution in [3.8, 4) is 11.5 Å². The third-order valence-corrected chi connectivity index (χ3v) is 4.23. The van der Waals surface area contributed by atoms with E-state index in [1.54, 1.807) is 0 Å². The summed E-state index contributed by atoms with van der Waals surface area (Å²) in [6.45, 7) is 0.808. The van der Waals surface area contributed by atoms with E-state index in [4.69, 9.17) is 15.2 Å². The van der Waals surface area contributed by atoms with Gasteiger partial charge in [-0.15, -0.1) is 0 Å². The van der Waals surface area contributed by atoms with Gasteiger partial charge in [0, 0.05) is 0 Å². The monoisotopic (exact) mass is 298 g/mol. The maximum Gasteiger partial charge on any atom is 0.151 e. The predicted molar refractivity (Wildman–Crippen MR) is 83.7 cm³/mol. The molecule has 5 nitrogen and oxygen atoms in total. The Labute approximate surface area is 128 Å². The molecule has 22 heavy (non-hydrogen) atoms. The number of para-hydroxylation sites is 4. The minimum atomic E-state index is -0.659. The van der Waals surface area contributed by atoms with Crippen LogP contribution in [-0.2, 0) is 4.74 Å². The number of nitrogens with zero attached hydrogens (tertiary/aromatic N) is 1. The van der Waals surface area contributed by atoms with Crippen LogP contribution in [0, 0.1) is 0 Å². The number of nitrogens with two attached hydrogens (primary N) is 1. The topological polar surface area (TPSA) is 68.0 Å². The molecule has 3 N–H and O–H groups in total. The van der Waals surface area contributed by atoms with E-state index in [2.05, 4.69) is 4.90 Å². The van der Waals surface area contributed by atoms with Crippen LogP contribution in [0.1, 0.15) is 0 Å². The van der Waals surface area contributed by atoms with Gasteiger partial charge in [0.15, 0.2) is 11.5 Å². The summed E-state index contributed by atoms with van der Waals surface area (Å²) in [5.74, 6) is 1.54. The molecule has 0 radical (unpaired) electrons. The average Bonchev–Trinajstić information content (AvgIpc) is 2.55. The first-order chi connectivity index (χ1) is 10.8. The van der Waals surface area contributed by atoms with E-state index < -0.39 is 6.10 Å². The van der Waals surface area contributed by atoms with E-state index in [1.165, 1.54) is 0 Å². The quantitative estimate of drug-likeness (QED) is 0.843. The number of hydrogen-bond acceptors (Lipinski definition) is 5. The van der Waals surface area contributed by atoms with Crippen molar-refractivity contribution < 1.29 is 14.6 Å². The Morgan fingerprint density at radius 2 is 1.55 bits per heavy atom. The van der Waals surface area contributed by atoms with E-state index in [1.807, 2.05) is 48.5 Å². The van der Waals surface area contributed by atoms with E-state index >= 15 is 0 Å². The van der Waals surface area contributed by atoms with Crippen LogP contribution in [0.5, 0.6) is 11.5 Å². The first-order valence-electron chi connectivity index (χ1n) is 7.42. The van der Waals surface area contributed by atoms with Crippen molar-refractivity contribution in [1.29, 1.82) is 0 Å². The molecule has 1 saturated heterocycles. The predicted octanol–water partition coefficient (Wildman–Crippen LogP) is 2.02. The highest BCUT2D eigenvalue weighted by Crippen LogP contribution is 2.48. The molecule has 2 aromatic carbocycles. The molecule has 2 aliphatic heterocycles. The highest BCUT2D eigenvalue weighted by molar-refractivity contribution is 5.78. The van der Waals surface area contributed by atoms with E-state index in [0.29, 0.717) is 13.2 Å². The lowest BCUT2D eigenvalue weighted by Gasteiger charge is -2.43. The molecule has 3 atom stereocenters. The zero-order valence-electron chi connectivity index (χ0n) is 12.1. The van der Waals surface area contributed by atoms with Gasteiger partial charge in [-0.25, -0.2) is 0 Å². The van der Waals surface area contributed by atoms with E-state index in [-0.39, 0.29) is 12.1 Å². The molecule has 5 heteroatoms. The van der Waals surface area contributed by atoms with Crippen LogP contribution in [0.2, 0.25) is 0 Å². The van der Waals surface area contributed by atoms with Gasteiger partial charge in [0.2, 0.25) is 0 Å². The molecule has 0 bridgehead atoms. The fourth-order valence-electron chi connectivity index (χ4n) is 3.13. The van der Waals surface area contributed by atoms with Crippen molar-refractivity contribution in [3.63, 3.8) is 0 Å². The zero-order valence-corrected chi connectivity index (χ0v) is 12.1. The number of hydrogen-bond donors (Lipinski definition) is 2. The Morgan fingerprint density at radius 3 is 2.18 bits per heavy atom. The molecule has 1 unspecified atom stereocenters. The first-order valence-corrected chi connectivity index (χ1v) is 7.42. The van der Waals surface area contributed by atoms with Crippen LogP contribution in [0.4, 0.5) is 11.4 Å². The van der Waals surface area contributed by atoms with Crippen LogP contribution in [0.15, 0.2) is 48.5 Å². The number of aliphatic hydroxyl groups is 1. The summed E-state index contributed by atoms with van der Waals surface area (Å²) in [7, 11) is 0. The molecule has 2 aliphatic rings. The summed E-state index contributed by atoms with van der Waals surface area (Å²) < 4.78 is 11.5. The molecule has 2 aromatic rings. The lowest BCUT2D eigenvalue weighted by atomic mass is 9.98. The third-order valence-electron chi connectivity index (χ3n) is 4.23. The second kappa shape index (κ2) is 5.28. The van der Waals surface area contributed by atoms with E-state index in [0.717, 1.165) is 22.9 Å². The lowest BCUT2D eigenvalue weighted by Crippen LogP contribution is -2.58. The van der Waals surface area contributed by atoms with Gasteiger partial charge >= 0.3 is 0 Å². The molecule has 0 aromatic heterocycles. The first kappa shape index (κ1) is 13.6. The van der Waals surface area contributed by atoms with Crippen LogP contribution in [-0.4, -0.2) is 36.5 Å². The van der Waals surface area contributed by atoms with Crippen LogP contribution in [0.3, 0.4) is 0 Å². The van der Waals surface area contributed by atoms with Gasteiger partial charge in [-0.3, -0.25) is 0 Å². The molecule has 0 spiro atoms. The molecular weight excluding hydrogens is 280 g/mol. The summed E-state index contributed by atoms with van der Waals surface area (Å²) >= 11 is 0. The minimum absolute atomic E-state index is 0.241. The number of fused-ring (bicyclic) bond motifs is 2. The fourth-order valence-corrected chi connectivity index (χ4v) is 3.13. The maximum absolute atomic E-state index is 10.6. The average molecular weight is 298 g/mol. The van der Waals surface area contributed by atoms with E-state index in [9.17, 15) is 5.11 Å². The molecular formula is C17H18N2O3. The van der Waals surface area contributed by atoms with Crippen LogP contribution < -0.4 is 15.4 Å². The summed E-state index contributed by atoms with van der Waals surface area (Å²) in [4.78, 5) is 2.08. The minimum Gasteiger partial charge on any atom is -0.453 e. The Bertz CT molecular complexity index is 646. The number of anilines is 2. The van der Waals surface area contributed by atoms with Crippen molar-refractivity contribution in [2.45, 2.75) is 18.2 Å². The second-order valence-electron chi connectivity index (χ2n) is 5.67. The fraction of sp³-hybridized carbons (Fsp3) is 0.294. The number of aliphatic hydroxyl groups excluding tert-OH is 1. The zero-order chi connectivity index (χ0) is 15.1. The summed E-state index contributed by atoms with van der Waals surface area (Å²) in [5, 5.41) is 10.6. The Hall–Kier alpha value is -2.08. The number of rotatable bonds is 1. The Morgan fingerprint density at radius 1 is 0.955 bits per heavy atom. The summed E-state index contributed by atoms with van der Waals surface area (Å²) in [6.07, 6.45) is -0.659. The Kier molecular flexibility index (Phi) is 3.26. The largest absolute Gasteiger partial charge is 0.453 e. The van der Waals surface area contributed by atoms with Crippen molar-refractivity contribution in [2.75, 3.05) is 18.1 Å². The highest BCUT2D eigenvalue weighted by Gasteiger charge is 2.38. The van der Waals surface area contributed by atoms with Crippen LogP contribution >= 0.6 is 0 Å². The maximum atomic E-state index is 10.6. The van der Waals surface area contributed by atoms with Gasteiger partial charge < -0.3 is 25.2 Å². The molecule has 0 amide bonds. The Balaban J connectivity index is 1.84. The van der Waals surface area contributed by atoms with Crippen molar-refractivity contribution in [1.82, 2.24) is 0 Å². The van der Waals surface area contributed by atoms with Crippen molar-refractivity contribution in [2.24, 2.45) is 5.73 Å². The molecule has 114 valence electrons. The normalized spacial score (nSPS) is 26.8. The van der Waals surface area contributed by atoms with Crippen LogP contribution in [0.25, 0.3) is 0 Å². The van der Waals surface area contributed by atoms with Gasteiger partial charge in [-0.2, -0.15) is 0 Å². The van der Waals surface area contributed by atoms with Gasteiger partial charge in [0.25, 0.3) is 0 Å². The summed E-state index contributed by atoms with van der Waals surface area (Å²) in [5.41, 5.74) is 7.82.